The van der Waals surface area contributed by atoms with Crippen LogP contribution in [-0.2, 0) is 13.1 Å². The fraction of sp³-hybridized carbons (Fsp3) is 0.208. The summed E-state index contributed by atoms with van der Waals surface area (Å²) < 4.78 is 3.38. The molecule has 1 N–H and O–H groups in total. The molecule has 0 unspecified atom stereocenters. The van der Waals surface area contributed by atoms with Crippen molar-refractivity contribution in [1.82, 2.24) is 19.6 Å². The van der Waals surface area contributed by atoms with Crippen molar-refractivity contribution in [3.05, 3.63) is 105 Å². The fourth-order valence-electron chi connectivity index (χ4n) is 3.75. The molecule has 0 atom stereocenters. The molecule has 0 saturated heterocycles. The molecule has 2 aromatic carbocycles. The van der Waals surface area contributed by atoms with Crippen LogP contribution in [0.1, 0.15) is 38.6 Å². The van der Waals surface area contributed by atoms with Crippen LogP contribution >= 0.6 is 0 Å². The Morgan fingerprint density at radius 1 is 0.939 bits per heavy atom. The van der Waals surface area contributed by atoms with E-state index in [2.05, 4.69) is 15.5 Å². The molecule has 0 aliphatic carbocycles. The molecule has 168 valence electrons. The quantitative estimate of drug-likeness (QED) is 0.338. The molecule has 0 bridgehead atoms. The van der Waals surface area contributed by atoms with Crippen molar-refractivity contribution in [1.29, 1.82) is 0 Å². The molecule has 0 fully saturated rings. The van der Waals surface area contributed by atoms with Crippen LogP contribution < -0.4 is 5.32 Å². The van der Waals surface area contributed by atoms with Gasteiger partial charge in [-0.15, -0.1) is 0 Å². The molecule has 33 heavy (non-hydrogen) atoms. The van der Waals surface area contributed by atoms with Crippen molar-refractivity contribution < 1.29 is 9.72 Å². The summed E-state index contributed by atoms with van der Waals surface area (Å²) in [4.78, 5) is 23.6. The number of benzene rings is 2. The second-order valence-electron chi connectivity index (χ2n) is 7.90. The molecule has 0 aliphatic heterocycles. The highest BCUT2D eigenvalue weighted by molar-refractivity contribution is 6.03. The SMILES string of the molecule is Cc1cc(NC(=O)c2ccc(Cn3nc(C)c([N+](=O)[O-])c3C)cc2)n(Cc2ccccc2)n1. The van der Waals surface area contributed by atoms with Crippen LogP contribution in [0, 0.1) is 30.9 Å². The third-order valence-electron chi connectivity index (χ3n) is 5.39. The van der Waals surface area contributed by atoms with Crippen molar-refractivity contribution in [2.24, 2.45) is 0 Å². The second-order valence-corrected chi connectivity index (χ2v) is 7.90. The molecule has 0 spiro atoms. The number of hydrogen-bond donors (Lipinski definition) is 1. The van der Waals surface area contributed by atoms with Crippen molar-refractivity contribution in [2.75, 3.05) is 5.32 Å². The van der Waals surface area contributed by atoms with E-state index in [9.17, 15) is 14.9 Å². The number of nitrogens with one attached hydrogen (secondary N) is 1. The van der Waals surface area contributed by atoms with Crippen molar-refractivity contribution in [3.63, 3.8) is 0 Å². The van der Waals surface area contributed by atoms with E-state index < -0.39 is 4.92 Å². The minimum absolute atomic E-state index is 0.0356. The molecule has 4 aromatic rings. The maximum absolute atomic E-state index is 12.8. The van der Waals surface area contributed by atoms with Gasteiger partial charge in [0.25, 0.3) is 5.91 Å². The largest absolute Gasteiger partial charge is 0.312 e. The lowest BCUT2D eigenvalue weighted by Crippen LogP contribution is -2.16. The molecule has 2 aromatic heterocycles. The summed E-state index contributed by atoms with van der Waals surface area (Å²) in [5, 5.41) is 22.9. The third-order valence-corrected chi connectivity index (χ3v) is 5.39. The molecule has 0 radical (unpaired) electrons. The van der Waals surface area contributed by atoms with Gasteiger partial charge in [-0.3, -0.25) is 19.6 Å². The molecule has 0 aliphatic rings. The summed E-state index contributed by atoms with van der Waals surface area (Å²) in [6, 6.07) is 18.9. The Morgan fingerprint density at radius 3 is 2.21 bits per heavy atom. The summed E-state index contributed by atoms with van der Waals surface area (Å²) in [6.07, 6.45) is 0. The first-order chi connectivity index (χ1) is 15.8. The Balaban J connectivity index is 1.47. The number of rotatable bonds is 7. The van der Waals surface area contributed by atoms with E-state index in [0.717, 1.165) is 16.8 Å². The number of aromatic nitrogens is 4. The Labute approximate surface area is 190 Å². The lowest BCUT2D eigenvalue weighted by atomic mass is 10.1. The van der Waals surface area contributed by atoms with Crippen LogP contribution in [0.15, 0.2) is 60.7 Å². The van der Waals surface area contributed by atoms with E-state index in [4.69, 9.17) is 0 Å². The summed E-state index contributed by atoms with van der Waals surface area (Å²) in [6.45, 7) is 6.12. The average molecular weight is 444 g/mol. The molecule has 0 saturated carbocycles. The van der Waals surface area contributed by atoms with E-state index in [1.807, 2.05) is 55.5 Å². The van der Waals surface area contributed by atoms with Gasteiger partial charge in [0.1, 0.15) is 17.2 Å². The lowest BCUT2D eigenvalue weighted by Gasteiger charge is -2.10. The number of nitro groups is 1. The monoisotopic (exact) mass is 444 g/mol. The zero-order valence-electron chi connectivity index (χ0n) is 18.6. The Morgan fingerprint density at radius 2 is 1.58 bits per heavy atom. The normalized spacial score (nSPS) is 10.9. The summed E-state index contributed by atoms with van der Waals surface area (Å²) in [5.74, 6) is 0.387. The van der Waals surface area contributed by atoms with Crippen LogP contribution in [-0.4, -0.2) is 30.4 Å². The standard InChI is InChI=1S/C24H24N6O3/c1-16-13-22(29(26-16)15-19-7-5-4-6-8-19)25-24(31)21-11-9-20(10-12-21)14-28-18(3)23(30(32)33)17(2)27-28/h4-13H,14-15H2,1-3H3,(H,25,31). The highest BCUT2D eigenvalue weighted by Gasteiger charge is 2.21. The smallest absolute Gasteiger partial charge is 0.307 e. The van der Waals surface area contributed by atoms with Crippen LogP contribution in [0.2, 0.25) is 0 Å². The van der Waals surface area contributed by atoms with Crippen LogP contribution in [0.3, 0.4) is 0 Å². The van der Waals surface area contributed by atoms with Gasteiger partial charge >= 0.3 is 5.69 Å². The molecular weight excluding hydrogens is 420 g/mol. The predicted octanol–water partition coefficient (Wildman–Crippen LogP) is 4.26. The summed E-state index contributed by atoms with van der Waals surface area (Å²) >= 11 is 0. The van der Waals surface area contributed by atoms with E-state index in [1.54, 1.807) is 35.3 Å². The Kier molecular flexibility index (Phi) is 6.03. The maximum atomic E-state index is 12.8. The minimum atomic E-state index is -0.411. The lowest BCUT2D eigenvalue weighted by molar-refractivity contribution is -0.386. The van der Waals surface area contributed by atoms with Gasteiger partial charge in [-0.05, 0) is 44.0 Å². The average Bonchev–Trinajstić information content (AvgIpc) is 3.26. The molecule has 9 nitrogen and oxygen atoms in total. The summed E-state index contributed by atoms with van der Waals surface area (Å²) in [7, 11) is 0. The van der Waals surface area contributed by atoms with Gasteiger partial charge in [-0.1, -0.05) is 42.5 Å². The first-order valence-corrected chi connectivity index (χ1v) is 10.5. The van der Waals surface area contributed by atoms with Crippen molar-refractivity contribution >= 4 is 17.4 Å². The Bertz CT molecular complexity index is 1310. The topological polar surface area (TPSA) is 108 Å². The first kappa shape index (κ1) is 21.9. The number of carbonyl (C=O) groups is 1. The molecule has 1 amide bonds. The van der Waals surface area contributed by atoms with Crippen molar-refractivity contribution in [2.45, 2.75) is 33.9 Å². The number of amides is 1. The van der Waals surface area contributed by atoms with E-state index in [0.29, 0.717) is 35.9 Å². The van der Waals surface area contributed by atoms with Gasteiger partial charge < -0.3 is 5.32 Å². The summed E-state index contributed by atoms with van der Waals surface area (Å²) in [5.41, 5.74) is 4.21. The van der Waals surface area contributed by atoms with Gasteiger partial charge in [-0.2, -0.15) is 10.2 Å². The van der Waals surface area contributed by atoms with Crippen molar-refractivity contribution in [3.8, 4) is 0 Å². The van der Waals surface area contributed by atoms with Crippen LogP contribution in [0.5, 0.6) is 0 Å². The number of aryl methyl sites for hydroxylation is 2. The minimum Gasteiger partial charge on any atom is -0.307 e. The van der Waals surface area contributed by atoms with Gasteiger partial charge in [0.2, 0.25) is 0 Å². The fourth-order valence-corrected chi connectivity index (χ4v) is 3.75. The van der Waals surface area contributed by atoms with E-state index in [1.165, 1.54) is 0 Å². The number of carbonyl (C=O) groups excluding carboxylic acids is 1. The van der Waals surface area contributed by atoms with E-state index >= 15 is 0 Å². The highest BCUT2D eigenvalue weighted by atomic mass is 16.6. The number of anilines is 1. The number of nitrogens with zero attached hydrogens (tertiary/aromatic N) is 5. The van der Waals surface area contributed by atoms with Crippen LogP contribution in [0.25, 0.3) is 0 Å². The number of hydrogen-bond acceptors (Lipinski definition) is 5. The van der Waals surface area contributed by atoms with Gasteiger partial charge in [0.15, 0.2) is 0 Å². The highest BCUT2D eigenvalue weighted by Crippen LogP contribution is 2.23. The molecule has 9 heteroatoms. The molecular formula is C24H24N6O3. The maximum Gasteiger partial charge on any atom is 0.312 e. The third kappa shape index (κ3) is 4.82. The van der Waals surface area contributed by atoms with E-state index in [-0.39, 0.29) is 11.6 Å². The Hall–Kier alpha value is -4.27. The second kappa shape index (κ2) is 9.07. The molecule has 2 heterocycles. The predicted molar refractivity (Wildman–Crippen MR) is 124 cm³/mol. The first-order valence-electron chi connectivity index (χ1n) is 10.5. The van der Waals surface area contributed by atoms with Gasteiger partial charge in [0.05, 0.1) is 23.7 Å². The molecule has 4 rings (SSSR count). The zero-order chi connectivity index (χ0) is 23.5. The van der Waals surface area contributed by atoms with Crippen LogP contribution in [0.4, 0.5) is 11.5 Å². The zero-order valence-corrected chi connectivity index (χ0v) is 18.6. The van der Waals surface area contributed by atoms with Gasteiger partial charge in [0, 0.05) is 11.6 Å². The van der Waals surface area contributed by atoms with Gasteiger partial charge in [-0.25, -0.2) is 4.68 Å².